The first kappa shape index (κ1) is 6.84. The van der Waals surface area contributed by atoms with Gasteiger partial charge in [-0.1, -0.05) is 0 Å². The maximum atomic E-state index is 10.9. The number of pyridine rings is 2. The van der Waals surface area contributed by atoms with E-state index in [0.29, 0.717) is 5.52 Å². The van der Waals surface area contributed by atoms with Crippen LogP contribution in [-0.4, -0.2) is 15.1 Å². The van der Waals surface area contributed by atoms with Gasteiger partial charge in [0, 0.05) is 11.6 Å². The first-order valence-corrected chi connectivity index (χ1v) is 3.43. The van der Waals surface area contributed by atoms with E-state index in [1.807, 2.05) is 0 Å². The normalized spacial score (nSPS) is 10.3. The van der Waals surface area contributed by atoms with Gasteiger partial charge in [-0.3, -0.25) is 9.78 Å². The van der Waals surface area contributed by atoms with Gasteiger partial charge in [-0.25, -0.2) is 0 Å². The summed E-state index contributed by atoms with van der Waals surface area (Å²) in [5.41, 5.74) is 0.135. The smallest absolute Gasteiger partial charge is 0.290 e. The molecule has 0 aromatic carbocycles. The third-order valence-electron chi connectivity index (χ3n) is 1.63. The molecule has 0 aliphatic carbocycles. The number of hydrogen-bond acceptors (Lipinski definition) is 3. The molecular formula is C8H6N2O2. The second-order valence-electron chi connectivity index (χ2n) is 2.45. The Hall–Kier alpha value is -1.84. The van der Waals surface area contributed by atoms with Gasteiger partial charge >= 0.3 is 0 Å². The van der Waals surface area contributed by atoms with Gasteiger partial charge in [0.25, 0.3) is 5.56 Å². The predicted molar refractivity (Wildman–Crippen MR) is 44.0 cm³/mol. The molecule has 0 saturated heterocycles. The number of aromatic hydroxyl groups is 1. The van der Waals surface area contributed by atoms with Gasteiger partial charge in [0.05, 0.1) is 11.7 Å². The van der Waals surface area contributed by atoms with Crippen molar-refractivity contribution in [3.8, 4) is 5.75 Å². The van der Waals surface area contributed by atoms with Crippen molar-refractivity contribution in [1.29, 1.82) is 0 Å². The van der Waals surface area contributed by atoms with Crippen molar-refractivity contribution in [2.75, 3.05) is 0 Å². The molecular weight excluding hydrogens is 156 g/mol. The molecule has 12 heavy (non-hydrogen) atoms. The molecule has 2 aromatic rings. The number of fused-ring (bicyclic) bond motifs is 1. The van der Waals surface area contributed by atoms with Crippen molar-refractivity contribution in [2.24, 2.45) is 0 Å². The van der Waals surface area contributed by atoms with E-state index in [1.165, 1.54) is 12.3 Å². The second kappa shape index (κ2) is 2.34. The number of aromatic nitrogens is 2. The zero-order valence-corrected chi connectivity index (χ0v) is 6.11. The molecule has 0 aliphatic heterocycles. The van der Waals surface area contributed by atoms with Crippen LogP contribution in [-0.2, 0) is 0 Å². The first-order valence-electron chi connectivity index (χ1n) is 3.43. The Bertz CT molecular complexity index is 476. The number of rotatable bonds is 0. The third-order valence-corrected chi connectivity index (χ3v) is 1.63. The fourth-order valence-corrected chi connectivity index (χ4v) is 1.03. The summed E-state index contributed by atoms with van der Waals surface area (Å²) in [7, 11) is 0. The molecule has 0 unspecified atom stereocenters. The van der Waals surface area contributed by atoms with Gasteiger partial charge in [0.15, 0.2) is 5.75 Å². The molecule has 0 bridgehead atoms. The third kappa shape index (κ3) is 0.934. The average Bonchev–Trinajstić information content (AvgIpc) is 2.07. The molecule has 0 radical (unpaired) electrons. The lowest BCUT2D eigenvalue weighted by atomic mass is 10.2. The Morgan fingerprint density at radius 1 is 1.50 bits per heavy atom. The zero-order valence-electron chi connectivity index (χ0n) is 6.11. The number of H-pyrrole nitrogens is 1. The Morgan fingerprint density at radius 2 is 2.33 bits per heavy atom. The van der Waals surface area contributed by atoms with E-state index >= 15 is 0 Å². The van der Waals surface area contributed by atoms with Crippen LogP contribution in [0.15, 0.2) is 29.3 Å². The highest BCUT2D eigenvalue weighted by atomic mass is 16.3. The molecule has 0 amide bonds. The summed E-state index contributed by atoms with van der Waals surface area (Å²) < 4.78 is 0. The molecule has 2 heterocycles. The van der Waals surface area contributed by atoms with Gasteiger partial charge < -0.3 is 10.1 Å². The van der Waals surface area contributed by atoms with Crippen molar-refractivity contribution in [2.45, 2.75) is 0 Å². The summed E-state index contributed by atoms with van der Waals surface area (Å²) in [4.78, 5) is 17.2. The summed E-state index contributed by atoms with van der Waals surface area (Å²) in [5.74, 6) is -0.270. The molecule has 2 rings (SSSR count). The number of nitrogens with one attached hydrogen (secondary N) is 1. The summed E-state index contributed by atoms with van der Waals surface area (Å²) in [6, 6.07) is 3.13. The van der Waals surface area contributed by atoms with Crippen LogP contribution in [0, 0.1) is 0 Å². The Labute approximate surface area is 67.5 Å². The first-order chi connectivity index (χ1) is 5.77. The lowest BCUT2D eigenvalue weighted by molar-refractivity contribution is 0.468. The molecule has 0 atom stereocenters. The van der Waals surface area contributed by atoms with E-state index < -0.39 is 5.56 Å². The molecule has 0 aliphatic rings. The van der Waals surface area contributed by atoms with E-state index in [4.69, 9.17) is 5.11 Å². The molecule has 0 fully saturated rings. The largest absolute Gasteiger partial charge is 0.503 e. The maximum absolute atomic E-state index is 10.9. The molecule has 0 spiro atoms. The SMILES string of the molecule is O=c1[nH]c2cnccc2cc1O. The molecule has 0 saturated carbocycles. The second-order valence-corrected chi connectivity index (χ2v) is 2.45. The minimum absolute atomic E-state index is 0.270. The fourth-order valence-electron chi connectivity index (χ4n) is 1.03. The van der Waals surface area contributed by atoms with Crippen molar-refractivity contribution >= 4 is 10.9 Å². The fraction of sp³-hybridized carbons (Fsp3) is 0. The summed E-state index contributed by atoms with van der Waals surface area (Å²) in [6.45, 7) is 0. The van der Waals surface area contributed by atoms with Crippen LogP contribution in [0.2, 0.25) is 0 Å². The number of aromatic amines is 1. The molecule has 60 valence electrons. The highest BCUT2D eigenvalue weighted by molar-refractivity contribution is 5.78. The van der Waals surface area contributed by atoms with Crippen molar-refractivity contribution in [3.63, 3.8) is 0 Å². The topological polar surface area (TPSA) is 66.0 Å². The van der Waals surface area contributed by atoms with Crippen LogP contribution in [0.4, 0.5) is 0 Å². The van der Waals surface area contributed by atoms with E-state index in [1.54, 1.807) is 12.3 Å². The van der Waals surface area contributed by atoms with E-state index in [9.17, 15) is 4.79 Å². The number of hydrogen-bond donors (Lipinski definition) is 2. The molecule has 2 N–H and O–H groups in total. The lowest BCUT2D eigenvalue weighted by Gasteiger charge is -1.95. The lowest BCUT2D eigenvalue weighted by Crippen LogP contribution is -2.04. The van der Waals surface area contributed by atoms with Gasteiger partial charge in [0.2, 0.25) is 0 Å². The van der Waals surface area contributed by atoms with Crippen LogP contribution >= 0.6 is 0 Å². The summed E-state index contributed by atoms with van der Waals surface area (Å²) in [6.07, 6.45) is 3.14. The van der Waals surface area contributed by atoms with Crippen LogP contribution in [0.5, 0.6) is 5.75 Å². The van der Waals surface area contributed by atoms with E-state index in [2.05, 4.69) is 9.97 Å². The summed E-state index contributed by atoms with van der Waals surface area (Å²) >= 11 is 0. The monoisotopic (exact) mass is 162 g/mol. The highest BCUT2D eigenvalue weighted by Gasteiger charge is 1.98. The standard InChI is InChI=1S/C8H6N2O2/c11-7-3-5-1-2-9-4-6(5)10-8(7)12/h1-4,11H,(H,10,12). The van der Waals surface area contributed by atoms with Crippen LogP contribution in [0.1, 0.15) is 0 Å². The number of nitrogens with zero attached hydrogens (tertiary/aromatic N) is 1. The van der Waals surface area contributed by atoms with Crippen LogP contribution in [0.3, 0.4) is 0 Å². The maximum Gasteiger partial charge on any atom is 0.290 e. The van der Waals surface area contributed by atoms with E-state index in [0.717, 1.165) is 5.39 Å². The van der Waals surface area contributed by atoms with Crippen molar-refractivity contribution < 1.29 is 5.11 Å². The van der Waals surface area contributed by atoms with Crippen molar-refractivity contribution in [1.82, 2.24) is 9.97 Å². The Kier molecular flexibility index (Phi) is 1.33. The quantitative estimate of drug-likeness (QED) is 0.597. The van der Waals surface area contributed by atoms with Gasteiger partial charge in [-0.15, -0.1) is 0 Å². The van der Waals surface area contributed by atoms with Crippen LogP contribution in [0.25, 0.3) is 10.9 Å². The van der Waals surface area contributed by atoms with Gasteiger partial charge in [0.1, 0.15) is 0 Å². The minimum atomic E-state index is -0.490. The minimum Gasteiger partial charge on any atom is -0.503 e. The average molecular weight is 162 g/mol. The Balaban J connectivity index is 2.93. The summed E-state index contributed by atoms with van der Waals surface area (Å²) in [5, 5.41) is 9.82. The van der Waals surface area contributed by atoms with Crippen molar-refractivity contribution in [3.05, 3.63) is 34.9 Å². The van der Waals surface area contributed by atoms with Crippen LogP contribution < -0.4 is 5.56 Å². The molecule has 2 aromatic heterocycles. The van der Waals surface area contributed by atoms with Gasteiger partial charge in [-0.2, -0.15) is 0 Å². The molecule has 4 nitrogen and oxygen atoms in total. The predicted octanol–water partition coefficient (Wildman–Crippen LogP) is 0.629. The van der Waals surface area contributed by atoms with E-state index in [-0.39, 0.29) is 5.75 Å². The Morgan fingerprint density at radius 3 is 3.17 bits per heavy atom. The zero-order chi connectivity index (χ0) is 8.55. The highest BCUT2D eigenvalue weighted by Crippen LogP contribution is 2.10. The van der Waals surface area contributed by atoms with Gasteiger partial charge in [-0.05, 0) is 12.1 Å². The molecule has 4 heteroatoms.